The summed E-state index contributed by atoms with van der Waals surface area (Å²) in [6.45, 7) is 3.87. The number of aromatic nitrogens is 4. The first-order chi connectivity index (χ1) is 18.5. The molecule has 4 aromatic rings. The number of anilines is 1. The molecule has 194 valence electrons. The van der Waals surface area contributed by atoms with E-state index in [0.717, 1.165) is 59.0 Å². The predicted octanol–water partition coefficient (Wildman–Crippen LogP) is 4.08. The highest BCUT2D eigenvalue weighted by Gasteiger charge is 2.26. The Morgan fingerprint density at radius 1 is 1.13 bits per heavy atom. The highest BCUT2D eigenvalue weighted by molar-refractivity contribution is 5.98. The van der Waals surface area contributed by atoms with Crippen LogP contribution in [0.25, 0.3) is 28.4 Å². The van der Waals surface area contributed by atoms with Gasteiger partial charge in [-0.3, -0.25) is 9.79 Å². The largest absolute Gasteiger partial charge is 0.393 e. The fourth-order valence-corrected chi connectivity index (χ4v) is 4.96. The minimum atomic E-state index is -0.249. The van der Waals surface area contributed by atoms with Crippen LogP contribution in [0.5, 0.6) is 0 Å². The average Bonchev–Trinajstić information content (AvgIpc) is 3.33. The molecule has 0 unspecified atom stereocenters. The van der Waals surface area contributed by atoms with Crippen molar-refractivity contribution in [3.63, 3.8) is 0 Å². The quantitative estimate of drug-likeness (QED) is 0.307. The molecule has 4 N–H and O–H groups in total. The van der Waals surface area contributed by atoms with Crippen molar-refractivity contribution in [2.45, 2.75) is 50.8 Å². The molecular weight excluding hydrogens is 478 g/mol. The molecule has 2 aromatic heterocycles. The topological polar surface area (TPSA) is 131 Å². The molecule has 1 aliphatic rings. The summed E-state index contributed by atoms with van der Waals surface area (Å²) < 4.78 is 1.95. The van der Waals surface area contributed by atoms with Gasteiger partial charge in [0.15, 0.2) is 5.65 Å². The lowest BCUT2D eigenvalue weighted by atomic mass is 9.93. The number of carbonyl (C=O) groups excluding carboxylic acids is 1. The maximum atomic E-state index is 12.6. The summed E-state index contributed by atoms with van der Waals surface area (Å²) in [4.78, 5) is 25.1. The van der Waals surface area contributed by atoms with E-state index in [4.69, 9.17) is 10.8 Å². The second-order valence-corrected chi connectivity index (χ2v) is 9.56. The van der Waals surface area contributed by atoms with Crippen molar-refractivity contribution in [3.8, 4) is 11.3 Å². The van der Waals surface area contributed by atoms with Crippen molar-refractivity contribution >= 4 is 35.6 Å². The van der Waals surface area contributed by atoms with Gasteiger partial charge in [-0.2, -0.15) is 5.10 Å². The zero-order valence-electron chi connectivity index (χ0n) is 21.1. The van der Waals surface area contributed by atoms with Crippen molar-refractivity contribution in [1.82, 2.24) is 25.1 Å². The van der Waals surface area contributed by atoms with Gasteiger partial charge in [0.25, 0.3) is 0 Å². The molecule has 9 heteroatoms. The molecule has 1 saturated carbocycles. The van der Waals surface area contributed by atoms with Crippen LogP contribution >= 0.6 is 0 Å². The molecular formula is C29H31N7O2. The number of nitrogens with zero attached hydrogens (tertiary/aromatic N) is 5. The van der Waals surface area contributed by atoms with Crippen molar-refractivity contribution in [3.05, 3.63) is 77.7 Å². The van der Waals surface area contributed by atoms with Gasteiger partial charge in [0.1, 0.15) is 17.8 Å². The normalized spacial score (nSPS) is 17.6. The maximum absolute atomic E-state index is 12.6. The lowest BCUT2D eigenvalue weighted by Crippen LogP contribution is -2.24. The van der Waals surface area contributed by atoms with Gasteiger partial charge in [-0.25, -0.2) is 14.6 Å². The average molecular weight is 510 g/mol. The van der Waals surface area contributed by atoms with Crippen LogP contribution in [0.15, 0.2) is 66.1 Å². The van der Waals surface area contributed by atoms with Crippen LogP contribution in [0.2, 0.25) is 0 Å². The number of nitrogens with two attached hydrogens (primary N) is 1. The summed E-state index contributed by atoms with van der Waals surface area (Å²) in [5.41, 5.74) is 11.5. The standard InChI is InChI=1S/C29H31N7O2/c1-31-15-14-20-4-2-3-5-22(20)16-25(38)32-17-19-6-8-21(9-7-19)27-26-28(30)33-18-34-29(26)36(35-27)23-10-12-24(37)13-11-23/h2-9,14-15,18,23-24,37H,1,10-13,16-17H2,(H,32,38)(H2,30,33,34)/b15-14-. The molecule has 1 fully saturated rings. The third-order valence-electron chi connectivity index (χ3n) is 7.01. The second kappa shape index (κ2) is 11.4. The molecule has 0 radical (unpaired) electrons. The van der Waals surface area contributed by atoms with E-state index in [0.29, 0.717) is 18.0 Å². The molecule has 0 saturated heterocycles. The van der Waals surface area contributed by atoms with Crippen LogP contribution in [0, 0.1) is 0 Å². The van der Waals surface area contributed by atoms with E-state index in [1.54, 1.807) is 6.20 Å². The zero-order valence-corrected chi connectivity index (χ0v) is 21.1. The van der Waals surface area contributed by atoms with Crippen molar-refractivity contribution in [2.75, 3.05) is 5.73 Å². The molecule has 0 bridgehead atoms. The number of aliphatic imine (C=N–C) groups is 1. The summed E-state index contributed by atoms with van der Waals surface area (Å²) in [6.07, 6.45) is 8.12. The van der Waals surface area contributed by atoms with Gasteiger partial charge in [-0.15, -0.1) is 0 Å². The highest BCUT2D eigenvalue weighted by Crippen LogP contribution is 2.35. The van der Waals surface area contributed by atoms with E-state index in [1.165, 1.54) is 6.33 Å². The van der Waals surface area contributed by atoms with Crippen molar-refractivity contribution in [1.29, 1.82) is 0 Å². The van der Waals surface area contributed by atoms with E-state index in [2.05, 4.69) is 27.0 Å². The molecule has 0 spiro atoms. The molecule has 2 heterocycles. The van der Waals surface area contributed by atoms with Crippen LogP contribution in [-0.4, -0.2) is 43.6 Å². The summed E-state index contributed by atoms with van der Waals surface area (Å²) in [6, 6.07) is 15.8. The molecule has 2 aromatic carbocycles. The summed E-state index contributed by atoms with van der Waals surface area (Å²) in [5, 5.41) is 18.6. The van der Waals surface area contributed by atoms with E-state index in [9.17, 15) is 9.90 Å². The summed E-state index contributed by atoms with van der Waals surface area (Å²) in [5.74, 6) is 0.330. The van der Waals surface area contributed by atoms with Gasteiger partial charge in [-0.05, 0) is 55.2 Å². The number of amides is 1. The Morgan fingerprint density at radius 2 is 1.89 bits per heavy atom. The highest BCUT2D eigenvalue weighted by atomic mass is 16.3. The monoisotopic (exact) mass is 509 g/mol. The van der Waals surface area contributed by atoms with Crippen LogP contribution in [0.1, 0.15) is 48.4 Å². The van der Waals surface area contributed by atoms with Gasteiger partial charge in [0.05, 0.1) is 24.0 Å². The smallest absolute Gasteiger partial charge is 0.224 e. The molecule has 38 heavy (non-hydrogen) atoms. The Hall–Kier alpha value is -4.37. The Morgan fingerprint density at radius 3 is 2.66 bits per heavy atom. The lowest BCUT2D eigenvalue weighted by Gasteiger charge is -2.25. The predicted molar refractivity (Wildman–Crippen MR) is 149 cm³/mol. The number of nitrogens with one attached hydrogen (secondary N) is 1. The Kier molecular flexibility index (Phi) is 7.55. The fourth-order valence-electron chi connectivity index (χ4n) is 4.96. The van der Waals surface area contributed by atoms with Gasteiger partial charge >= 0.3 is 0 Å². The Bertz CT molecular complexity index is 1470. The number of benzene rings is 2. The van der Waals surface area contributed by atoms with E-state index >= 15 is 0 Å². The van der Waals surface area contributed by atoms with Gasteiger partial charge in [0, 0.05) is 18.3 Å². The SMILES string of the molecule is C=N/C=C\c1ccccc1CC(=O)NCc1ccc(-c2nn(C3CCC(O)CC3)c3ncnc(N)c23)cc1. The second-order valence-electron chi connectivity index (χ2n) is 9.56. The van der Waals surface area contributed by atoms with Crippen molar-refractivity contribution < 1.29 is 9.90 Å². The minimum absolute atomic E-state index is 0.0613. The summed E-state index contributed by atoms with van der Waals surface area (Å²) in [7, 11) is 0. The van der Waals surface area contributed by atoms with Crippen LogP contribution < -0.4 is 11.1 Å². The Labute approximate surface area is 221 Å². The molecule has 0 aliphatic heterocycles. The number of aliphatic hydroxyl groups is 1. The van der Waals surface area contributed by atoms with Gasteiger partial charge < -0.3 is 16.2 Å². The lowest BCUT2D eigenvalue weighted by molar-refractivity contribution is -0.120. The number of hydrogen-bond acceptors (Lipinski definition) is 7. The third-order valence-corrected chi connectivity index (χ3v) is 7.01. The molecule has 1 amide bonds. The number of aliphatic hydroxyl groups excluding tert-OH is 1. The number of nitrogen functional groups attached to an aromatic ring is 1. The first-order valence-corrected chi connectivity index (χ1v) is 12.8. The number of fused-ring (bicyclic) bond motifs is 1. The van der Waals surface area contributed by atoms with Gasteiger partial charge in [-0.1, -0.05) is 48.5 Å². The van der Waals surface area contributed by atoms with E-state index in [-0.39, 0.29) is 24.5 Å². The zero-order chi connectivity index (χ0) is 26.5. The first kappa shape index (κ1) is 25.3. The Balaban J connectivity index is 1.30. The van der Waals surface area contributed by atoms with Crippen LogP contribution in [0.3, 0.4) is 0 Å². The first-order valence-electron chi connectivity index (χ1n) is 12.8. The number of hydrogen-bond donors (Lipinski definition) is 3. The van der Waals surface area contributed by atoms with Gasteiger partial charge in [0.2, 0.25) is 5.91 Å². The molecule has 5 rings (SSSR count). The van der Waals surface area contributed by atoms with Crippen LogP contribution in [-0.2, 0) is 17.8 Å². The fraction of sp³-hybridized carbons (Fsp3) is 0.276. The number of rotatable bonds is 8. The summed E-state index contributed by atoms with van der Waals surface area (Å²) >= 11 is 0. The van der Waals surface area contributed by atoms with E-state index < -0.39 is 0 Å². The molecule has 1 aliphatic carbocycles. The van der Waals surface area contributed by atoms with E-state index in [1.807, 2.05) is 59.3 Å². The molecule has 9 nitrogen and oxygen atoms in total. The molecule has 0 atom stereocenters. The van der Waals surface area contributed by atoms with Crippen molar-refractivity contribution in [2.24, 2.45) is 4.99 Å². The maximum Gasteiger partial charge on any atom is 0.224 e. The third kappa shape index (κ3) is 5.47. The minimum Gasteiger partial charge on any atom is -0.393 e. The number of carbonyl (C=O) groups is 1. The van der Waals surface area contributed by atoms with Crippen LogP contribution in [0.4, 0.5) is 5.82 Å².